The van der Waals surface area contributed by atoms with Crippen LogP contribution in [0.4, 0.5) is 0 Å². The summed E-state index contributed by atoms with van der Waals surface area (Å²) in [5, 5.41) is 4.84. The van der Waals surface area contributed by atoms with Gasteiger partial charge in [0.15, 0.2) is 11.6 Å². The Morgan fingerprint density at radius 3 is 1.42 bits per heavy atom. The van der Waals surface area contributed by atoms with E-state index in [1.165, 1.54) is 53.2 Å². The fraction of sp³-hybridized carbons (Fsp3) is 0. The minimum absolute atomic E-state index is 0.721. The van der Waals surface area contributed by atoms with Crippen molar-refractivity contribution in [1.29, 1.82) is 0 Å². The van der Waals surface area contributed by atoms with Gasteiger partial charge in [0.05, 0.1) is 11.0 Å². The summed E-state index contributed by atoms with van der Waals surface area (Å²) in [4.78, 5) is 18.0. The van der Waals surface area contributed by atoms with Crippen molar-refractivity contribution in [3.8, 4) is 50.7 Å². The third-order valence-corrected chi connectivity index (χ3v) is 10.6. The van der Waals surface area contributed by atoms with Crippen molar-refractivity contribution in [2.24, 2.45) is 0 Å². The first-order valence-corrected chi connectivity index (χ1v) is 17.3. The van der Waals surface area contributed by atoms with Gasteiger partial charge in [-0.05, 0) is 113 Å². The monoisotopic (exact) mass is 657 g/mol. The van der Waals surface area contributed by atoms with Crippen molar-refractivity contribution in [2.75, 3.05) is 0 Å². The lowest BCUT2D eigenvalue weighted by molar-refractivity contribution is 1.17. The molecule has 10 aromatic rings. The highest BCUT2D eigenvalue weighted by molar-refractivity contribution is 7.25. The largest absolute Gasteiger partial charge is 0.309 e. The lowest BCUT2D eigenvalue weighted by Gasteiger charge is -2.09. The maximum absolute atomic E-state index is 4.53. The van der Waals surface area contributed by atoms with Crippen molar-refractivity contribution in [1.82, 2.24) is 24.5 Å². The normalized spacial score (nSPS) is 11.6. The van der Waals surface area contributed by atoms with Crippen LogP contribution < -0.4 is 0 Å². The van der Waals surface area contributed by atoms with Crippen molar-refractivity contribution in [3.05, 3.63) is 164 Å². The zero-order valence-electron chi connectivity index (χ0n) is 26.7. The average Bonchev–Trinajstić information content (AvgIpc) is 3.73. The van der Waals surface area contributed by atoms with E-state index in [0.717, 1.165) is 39.5 Å². The Bertz CT molecular complexity index is 2860. The number of nitrogens with zero attached hydrogens (tertiary/aromatic N) is 5. The molecule has 0 aliphatic rings. The molecular weight excluding hydrogens is 631 g/mol. The van der Waals surface area contributed by atoms with Crippen LogP contribution in [-0.2, 0) is 0 Å². The first-order valence-electron chi connectivity index (χ1n) is 16.5. The van der Waals surface area contributed by atoms with Gasteiger partial charge in [-0.3, -0.25) is 0 Å². The molecule has 234 valence electrons. The second-order valence-electron chi connectivity index (χ2n) is 12.4. The van der Waals surface area contributed by atoms with Gasteiger partial charge < -0.3 is 4.57 Å². The molecule has 0 unspecified atom stereocenters. The summed E-state index contributed by atoms with van der Waals surface area (Å²) in [6, 6.07) is 49.8. The number of benzene rings is 6. The first-order chi connectivity index (χ1) is 24.8. The fourth-order valence-electron chi connectivity index (χ4n) is 7.07. The smallest absolute Gasteiger partial charge is 0.159 e. The molecule has 0 saturated carbocycles. The Morgan fingerprint density at radius 1 is 0.360 bits per heavy atom. The predicted octanol–water partition coefficient (Wildman–Crippen LogP) is 11.4. The molecule has 0 bridgehead atoms. The molecule has 0 saturated heterocycles. The summed E-state index contributed by atoms with van der Waals surface area (Å²) in [6.45, 7) is 0. The molecule has 6 heteroatoms. The summed E-state index contributed by atoms with van der Waals surface area (Å²) in [5.74, 6) is 1.46. The molecule has 4 aromatic heterocycles. The second kappa shape index (κ2) is 11.6. The van der Waals surface area contributed by atoms with Gasteiger partial charge in [0.2, 0.25) is 0 Å². The van der Waals surface area contributed by atoms with Gasteiger partial charge in [0, 0.05) is 72.5 Å². The van der Waals surface area contributed by atoms with Crippen LogP contribution in [0.3, 0.4) is 0 Å². The molecule has 4 heterocycles. The summed E-state index contributed by atoms with van der Waals surface area (Å²) in [5.41, 5.74) is 10.2. The van der Waals surface area contributed by atoms with Crippen molar-refractivity contribution in [2.45, 2.75) is 0 Å². The number of hydrogen-bond acceptors (Lipinski definition) is 5. The Balaban J connectivity index is 1.10. The molecule has 0 radical (unpaired) electrons. The van der Waals surface area contributed by atoms with Gasteiger partial charge in [-0.2, -0.15) is 0 Å². The second-order valence-corrected chi connectivity index (χ2v) is 13.5. The van der Waals surface area contributed by atoms with Crippen LogP contribution in [0.1, 0.15) is 0 Å². The van der Waals surface area contributed by atoms with Crippen molar-refractivity contribution < 1.29 is 0 Å². The van der Waals surface area contributed by atoms with E-state index in [4.69, 9.17) is 0 Å². The SMILES string of the molecule is c1ccc(-n2c3ccc(-c4cccc(-c5ccc6sc7ccc(-c8ncccn8)cc7c6c5)c4)cc3c3cc(-c4ncccn4)ccc32)cc1. The van der Waals surface area contributed by atoms with Gasteiger partial charge in [-0.25, -0.2) is 19.9 Å². The molecule has 6 aromatic carbocycles. The third-order valence-electron chi connectivity index (χ3n) is 9.43. The fourth-order valence-corrected chi connectivity index (χ4v) is 8.13. The molecule has 5 nitrogen and oxygen atoms in total. The van der Waals surface area contributed by atoms with Gasteiger partial charge in [0.25, 0.3) is 0 Å². The van der Waals surface area contributed by atoms with Crippen LogP contribution in [0.2, 0.25) is 0 Å². The van der Waals surface area contributed by atoms with Crippen LogP contribution in [0, 0.1) is 0 Å². The number of hydrogen-bond donors (Lipinski definition) is 0. The van der Waals surface area contributed by atoms with Crippen molar-refractivity contribution in [3.63, 3.8) is 0 Å². The summed E-state index contributed by atoms with van der Waals surface area (Å²) in [7, 11) is 0. The van der Waals surface area contributed by atoms with E-state index < -0.39 is 0 Å². The molecule has 0 fully saturated rings. The maximum atomic E-state index is 4.53. The predicted molar refractivity (Wildman–Crippen MR) is 207 cm³/mol. The zero-order valence-corrected chi connectivity index (χ0v) is 27.5. The molecule has 0 spiro atoms. The van der Waals surface area contributed by atoms with E-state index in [1.807, 2.05) is 23.5 Å². The van der Waals surface area contributed by atoms with Crippen LogP contribution >= 0.6 is 11.3 Å². The minimum Gasteiger partial charge on any atom is -0.309 e. The highest BCUT2D eigenvalue weighted by Crippen LogP contribution is 2.40. The molecule has 0 N–H and O–H groups in total. The van der Waals surface area contributed by atoms with Crippen LogP contribution in [-0.4, -0.2) is 24.5 Å². The van der Waals surface area contributed by atoms with Crippen LogP contribution in [0.15, 0.2) is 164 Å². The first kappa shape index (κ1) is 28.5. The van der Waals surface area contributed by atoms with E-state index in [1.54, 1.807) is 24.8 Å². The Morgan fingerprint density at radius 2 is 0.820 bits per heavy atom. The van der Waals surface area contributed by atoms with Gasteiger partial charge in [-0.15, -0.1) is 11.3 Å². The minimum atomic E-state index is 0.721. The highest BCUT2D eigenvalue weighted by atomic mass is 32.1. The van der Waals surface area contributed by atoms with E-state index in [0.29, 0.717) is 0 Å². The third kappa shape index (κ3) is 4.77. The van der Waals surface area contributed by atoms with Gasteiger partial charge in [-0.1, -0.05) is 48.5 Å². The molecule has 0 aliphatic carbocycles. The maximum Gasteiger partial charge on any atom is 0.159 e. The highest BCUT2D eigenvalue weighted by Gasteiger charge is 2.16. The number of rotatable bonds is 5. The Hall–Kier alpha value is -6.50. The topological polar surface area (TPSA) is 56.5 Å². The molecule has 50 heavy (non-hydrogen) atoms. The standard InChI is InChI=1S/C44H27N5S/c1-2-9-34(10-3-1)49-39-15-11-30(24-35(39)36-26-32(12-16-40(36)49)43-45-19-5-20-46-43)28-7-4-8-29(23-28)31-13-17-41-37(25-31)38-27-33(14-18-42(38)50-41)44-47-21-6-22-48-44/h1-27H. The van der Waals surface area contributed by atoms with Gasteiger partial charge in [0.1, 0.15) is 0 Å². The molecular formula is C44H27N5S. The van der Waals surface area contributed by atoms with E-state index in [2.05, 4.69) is 152 Å². The number of thiophene rings is 1. The van der Waals surface area contributed by atoms with Crippen molar-refractivity contribution >= 4 is 53.3 Å². The van der Waals surface area contributed by atoms with E-state index >= 15 is 0 Å². The van der Waals surface area contributed by atoms with E-state index in [9.17, 15) is 0 Å². The average molecular weight is 658 g/mol. The van der Waals surface area contributed by atoms with Crippen LogP contribution in [0.5, 0.6) is 0 Å². The number of aromatic nitrogens is 5. The number of para-hydroxylation sites is 1. The van der Waals surface area contributed by atoms with Crippen LogP contribution in [0.25, 0.3) is 92.7 Å². The molecule has 10 rings (SSSR count). The summed E-state index contributed by atoms with van der Waals surface area (Å²) < 4.78 is 4.87. The summed E-state index contributed by atoms with van der Waals surface area (Å²) in [6.07, 6.45) is 7.17. The van der Waals surface area contributed by atoms with Gasteiger partial charge >= 0.3 is 0 Å². The lowest BCUT2D eigenvalue weighted by Crippen LogP contribution is -1.93. The van der Waals surface area contributed by atoms with E-state index in [-0.39, 0.29) is 0 Å². The number of fused-ring (bicyclic) bond motifs is 6. The quantitative estimate of drug-likeness (QED) is 0.185. The Kier molecular flexibility index (Phi) is 6.60. The molecule has 0 amide bonds. The molecule has 0 aliphatic heterocycles. The Labute approximate surface area is 291 Å². The lowest BCUT2D eigenvalue weighted by atomic mass is 9.97. The molecule has 0 atom stereocenters. The zero-order chi connectivity index (χ0) is 33.0. The summed E-state index contributed by atoms with van der Waals surface area (Å²) >= 11 is 1.82.